The lowest BCUT2D eigenvalue weighted by Gasteiger charge is -2.12. The average molecular weight is 387 g/mol. The fourth-order valence-corrected chi connectivity index (χ4v) is 2.42. The molecule has 0 fully saturated rings. The van der Waals surface area contributed by atoms with E-state index in [-0.39, 0.29) is 24.1 Å². The highest BCUT2D eigenvalue weighted by atomic mass is 16.6. The second kappa shape index (κ2) is 8.25. The van der Waals surface area contributed by atoms with Crippen molar-refractivity contribution < 1.29 is 32.9 Å². The van der Waals surface area contributed by atoms with E-state index in [0.717, 1.165) is 0 Å². The van der Waals surface area contributed by atoms with E-state index in [2.05, 4.69) is 10.2 Å². The monoisotopic (exact) mass is 387 g/mol. The van der Waals surface area contributed by atoms with Crippen molar-refractivity contribution in [1.29, 1.82) is 0 Å². The van der Waals surface area contributed by atoms with Crippen LogP contribution in [-0.4, -0.2) is 37.5 Å². The Hall–Kier alpha value is -3.82. The molecule has 0 amide bonds. The zero-order valence-electron chi connectivity index (χ0n) is 15.4. The number of aromatic nitrogens is 3. The summed E-state index contributed by atoms with van der Waals surface area (Å²) in [5, 5.41) is 19.3. The minimum atomic E-state index is -0.803. The zero-order chi connectivity index (χ0) is 20.1. The molecule has 0 saturated heterocycles. The number of hydrogen-bond acceptors (Lipinski definition) is 9. The molecule has 0 atom stereocenters. The van der Waals surface area contributed by atoms with Crippen LogP contribution in [-0.2, 0) is 11.3 Å². The Morgan fingerprint density at radius 2 is 1.82 bits per heavy atom. The number of carbonyl (C=O) groups excluding carboxylic acids is 1. The van der Waals surface area contributed by atoms with Gasteiger partial charge in [0.1, 0.15) is 0 Å². The van der Waals surface area contributed by atoms with E-state index in [1.807, 2.05) is 0 Å². The molecule has 10 nitrogen and oxygen atoms in total. The number of nitrogens with zero attached hydrogens (tertiary/aromatic N) is 3. The van der Waals surface area contributed by atoms with Crippen molar-refractivity contribution in [2.24, 2.45) is 0 Å². The van der Waals surface area contributed by atoms with Gasteiger partial charge in [0.25, 0.3) is 5.89 Å². The highest BCUT2D eigenvalue weighted by Gasteiger charge is 2.20. The first-order chi connectivity index (χ1) is 13.6. The van der Waals surface area contributed by atoms with Crippen LogP contribution in [0.25, 0.3) is 11.5 Å². The van der Waals surface area contributed by atoms with Crippen molar-refractivity contribution in [3.8, 4) is 28.7 Å². The standard InChI is InChI=1S/C18H17N3O7/c1-24-13-8-11(9-14(25-2)16(13)26-3)17-20-19-15(28-17)10-27-18(22)12-6-4-5-7-21(12)23/h4-9H,10H2,1-3H3. The Morgan fingerprint density at radius 1 is 1.11 bits per heavy atom. The third-order valence-corrected chi connectivity index (χ3v) is 3.74. The fraction of sp³-hybridized carbons (Fsp3) is 0.222. The number of ether oxygens (including phenoxy) is 4. The molecule has 0 bridgehead atoms. The van der Waals surface area contributed by atoms with Crippen molar-refractivity contribution in [3.05, 3.63) is 53.3 Å². The molecule has 0 aliphatic rings. The van der Waals surface area contributed by atoms with Crippen LogP contribution in [0, 0.1) is 5.21 Å². The van der Waals surface area contributed by atoms with Crippen LogP contribution in [0.3, 0.4) is 0 Å². The molecule has 0 unspecified atom stereocenters. The van der Waals surface area contributed by atoms with E-state index in [1.165, 1.54) is 39.7 Å². The maximum Gasteiger partial charge on any atom is 0.405 e. The van der Waals surface area contributed by atoms with Crippen molar-refractivity contribution in [1.82, 2.24) is 10.2 Å². The van der Waals surface area contributed by atoms with Gasteiger partial charge in [-0.1, -0.05) is 0 Å². The lowest BCUT2D eigenvalue weighted by atomic mass is 10.2. The van der Waals surface area contributed by atoms with Gasteiger partial charge in [-0.15, -0.1) is 10.2 Å². The van der Waals surface area contributed by atoms with Gasteiger partial charge in [0.2, 0.25) is 11.6 Å². The molecule has 0 spiro atoms. The summed E-state index contributed by atoms with van der Waals surface area (Å²) in [6.45, 7) is -0.287. The van der Waals surface area contributed by atoms with Crippen molar-refractivity contribution in [3.63, 3.8) is 0 Å². The normalized spacial score (nSPS) is 10.4. The average Bonchev–Trinajstić information content (AvgIpc) is 3.20. The van der Waals surface area contributed by atoms with Gasteiger partial charge in [-0.2, -0.15) is 4.73 Å². The lowest BCUT2D eigenvalue weighted by Crippen LogP contribution is -2.34. The maximum atomic E-state index is 12.0. The quantitative estimate of drug-likeness (QED) is 0.339. The highest BCUT2D eigenvalue weighted by Crippen LogP contribution is 2.40. The summed E-state index contributed by atoms with van der Waals surface area (Å²) in [5.41, 5.74) is 0.381. The van der Waals surface area contributed by atoms with Gasteiger partial charge >= 0.3 is 11.7 Å². The SMILES string of the molecule is COc1cc(-c2nnc(COC(=O)c3cccc[n+]3[O-])o2)cc(OC)c1OC. The largest absolute Gasteiger partial charge is 0.618 e. The van der Waals surface area contributed by atoms with Gasteiger partial charge in [-0.25, -0.2) is 4.79 Å². The summed E-state index contributed by atoms with van der Waals surface area (Å²) in [6, 6.07) is 7.71. The van der Waals surface area contributed by atoms with E-state index < -0.39 is 5.97 Å². The number of methoxy groups -OCH3 is 3. The van der Waals surface area contributed by atoms with Gasteiger partial charge in [-0.05, 0) is 18.2 Å². The van der Waals surface area contributed by atoms with E-state index in [4.69, 9.17) is 23.4 Å². The Balaban J connectivity index is 1.77. The summed E-state index contributed by atoms with van der Waals surface area (Å²) in [4.78, 5) is 12.0. The van der Waals surface area contributed by atoms with E-state index >= 15 is 0 Å². The highest BCUT2D eigenvalue weighted by molar-refractivity contribution is 5.85. The van der Waals surface area contributed by atoms with Crippen LogP contribution in [0.15, 0.2) is 40.9 Å². The van der Waals surface area contributed by atoms with Crippen LogP contribution >= 0.6 is 0 Å². The molecule has 3 rings (SSSR count). The van der Waals surface area contributed by atoms with Crippen molar-refractivity contribution >= 4 is 5.97 Å². The summed E-state index contributed by atoms with van der Waals surface area (Å²) in [5.74, 6) is 0.702. The molecule has 1 aromatic carbocycles. The molecule has 0 saturated carbocycles. The second-order valence-corrected chi connectivity index (χ2v) is 5.40. The summed E-state index contributed by atoms with van der Waals surface area (Å²) in [6.07, 6.45) is 1.20. The fourth-order valence-electron chi connectivity index (χ4n) is 2.42. The Labute approximate surface area is 159 Å². The summed E-state index contributed by atoms with van der Waals surface area (Å²) < 4.78 is 26.8. The van der Waals surface area contributed by atoms with Gasteiger partial charge in [0.05, 0.1) is 21.3 Å². The van der Waals surface area contributed by atoms with Gasteiger partial charge in [0, 0.05) is 17.7 Å². The number of pyridine rings is 1. The topological polar surface area (TPSA) is 120 Å². The molecule has 10 heteroatoms. The number of benzene rings is 1. The second-order valence-electron chi connectivity index (χ2n) is 5.40. The van der Waals surface area contributed by atoms with Crippen LogP contribution in [0.1, 0.15) is 16.4 Å². The Kier molecular flexibility index (Phi) is 5.58. The number of carbonyl (C=O) groups is 1. The number of hydrogen-bond donors (Lipinski definition) is 0. The first kappa shape index (κ1) is 19.0. The minimum Gasteiger partial charge on any atom is -0.618 e. The van der Waals surface area contributed by atoms with Gasteiger partial charge in [0.15, 0.2) is 24.3 Å². The molecule has 0 N–H and O–H groups in total. The molecule has 2 aromatic heterocycles. The van der Waals surface area contributed by atoms with Gasteiger partial charge in [-0.3, -0.25) is 0 Å². The third kappa shape index (κ3) is 3.80. The van der Waals surface area contributed by atoms with Crippen LogP contribution < -0.4 is 18.9 Å². The Morgan fingerprint density at radius 3 is 2.43 bits per heavy atom. The van der Waals surface area contributed by atoms with E-state index in [0.29, 0.717) is 27.5 Å². The van der Waals surface area contributed by atoms with Crippen LogP contribution in [0.4, 0.5) is 0 Å². The lowest BCUT2D eigenvalue weighted by molar-refractivity contribution is -0.608. The summed E-state index contributed by atoms with van der Waals surface area (Å²) in [7, 11) is 4.48. The van der Waals surface area contributed by atoms with E-state index in [1.54, 1.807) is 18.2 Å². The molecule has 0 radical (unpaired) electrons. The van der Waals surface area contributed by atoms with Crippen molar-refractivity contribution in [2.45, 2.75) is 6.61 Å². The molecule has 2 heterocycles. The molecule has 146 valence electrons. The molecule has 3 aromatic rings. The zero-order valence-corrected chi connectivity index (χ0v) is 15.4. The van der Waals surface area contributed by atoms with Crippen LogP contribution in [0.2, 0.25) is 0 Å². The predicted molar refractivity (Wildman–Crippen MR) is 93.9 cm³/mol. The molecule has 0 aliphatic heterocycles. The molecule has 0 aliphatic carbocycles. The first-order valence-electron chi connectivity index (χ1n) is 8.05. The first-order valence-corrected chi connectivity index (χ1v) is 8.05. The minimum absolute atomic E-state index is 0.0606. The third-order valence-electron chi connectivity index (χ3n) is 3.74. The maximum absolute atomic E-state index is 12.0. The van der Waals surface area contributed by atoms with E-state index in [9.17, 15) is 10.0 Å². The Bertz CT molecular complexity index is 962. The van der Waals surface area contributed by atoms with Gasteiger partial charge < -0.3 is 28.6 Å². The smallest absolute Gasteiger partial charge is 0.405 e. The molecular weight excluding hydrogens is 370 g/mol. The van der Waals surface area contributed by atoms with Crippen LogP contribution in [0.5, 0.6) is 17.2 Å². The molecular formula is C18H17N3O7. The van der Waals surface area contributed by atoms with Crippen molar-refractivity contribution in [2.75, 3.05) is 21.3 Å². The molecule has 28 heavy (non-hydrogen) atoms. The predicted octanol–water partition coefficient (Wildman–Crippen LogP) is 1.75. The summed E-state index contributed by atoms with van der Waals surface area (Å²) >= 11 is 0. The number of rotatable bonds is 7. The number of esters is 1.